The first-order valence-electron chi connectivity index (χ1n) is 24.7. The summed E-state index contributed by atoms with van der Waals surface area (Å²) in [5.41, 5.74) is 10.8. The van der Waals surface area contributed by atoms with Crippen LogP contribution in [0.3, 0.4) is 0 Å². The second kappa shape index (κ2) is 19.4. The number of aromatic nitrogens is 2. The summed E-state index contributed by atoms with van der Waals surface area (Å²) in [4.78, 5) is 18.3. The summed E-state index contributed by atoms with van der Waals surface area (Å²) in [6.07, 6.45) is 15.0. The average Bonchev–Trinajstić information content (AvgIpc) is 3.44. The van der Waals surface area contributed by atoms with Crippen molar-refractivity contribution in [2.45, 2.75) is 36.0 Å². The molecule has 2 aliphatic carbocycles. The van der Waals surface area contributed by atoms with Crippen LogP contribution in [-0.2, 0) is 0 Å². The molecule has 0 spiro atoms. The molecular weight excluding hydrogens is 897 g/mol. The molecule has 0 saturated carbocycles. The first kappa shape index (κ1) is 44.2. The summed E-state index contributed by atoms with van der Waals surface area (Å²) >= 11 is 1.76. The number of hydrogen-bond donors (Lipinski definition) is 0. The van der Waals surface area contributed by atoms with Crippen molar-refractivity contribution < 1.29 is 0 Å². The lowest BCUT2D eigenvalue weighted by Crippen LogP contribution is -2.66. The molecule has 1 aliphatic heterocycles. The van der Waals surface area contributed by atoms with Crippen molar-refractivity contribution in [3.63, 3.8) is 0 Å². The Labute approximate surface area is 422 Å². The number of anilines is 5. The standard InChI is InChI=1S/C65H52N4SSi/c1-47-25-14-21-42-61(47)71(53-34-12-5-13-35-53)62-43-22-18-39-58(62)68(59-40-19-23-44-63(59)71)51-31-24-30-50(45-51)65-66-55(49-28-8-3-9-29-49)46-64(67-65)69(56-37-16-15-36-54(56)48-26-6-2-7-27-48)57-38-17-20-41-60(57)70-52-32-10-4-11-33-52/h2-18,20-24,26-39,41-47H,19,25,40H2,1H3. The van der Waals surface area contributed by atoms with Gasteiger partial charge in [0.25, 0.3) is 0 Å². The van der Waals surface area contributed by atoms with Crippen LogP contribution >= 0.6 is 11.8 Å². The predicted molar refractivity (Wildman–Crippen MR) is 300 cm³/mol. The topological polar surface area (TPSA) is 32.3 Å². The minimum Gasteiger partial charge on any atom is -0.314 e. The van der Waals surface area contributed by atoms with Gasteiger partial charge in [0.15, 0.2) is 13.9 Å². The minimum absolute atomic E-state index is 0.422. The molecule has 3 aliphatic rings. The molecule has 9 aromatic rings. The van der Waals surface area contributed by atoms with Gasteiger partial charge in [-0.05, 0) is 94.8 Å². The lowest BCUT2D eigenvalue weighted by molar-refractivity contribution is 0.715. The minimum atomic E-state index is -2.72. The lowest BCUT2D eigenvalue weighted by Gasteiger charge is -2.49. The molecule has 0 amide bonds. The van der Waals surface area contributed by atoms with Crippen LogP contribution in [0.15, 0.2) is 281 Å². The van der Waals surface area contributed by atoms with Crippen LogP contribution in [0.1, 0.15) is 26.2 Å². The maximum absolute atomic E-state index is 5.67. The normalized spacial score (nSPS) is 17.1. The van der Waals surface area contributed by atoms with Crippen molar-refractivity contribution in [1.82, 2.24) is 9.97 Å². The number of fused-ring (bicyclic) bond motifs is 1. The third kappa shape index (κ3) is 8.19. The zero-order chi connectivity index (χ0) is 47.6. The van der Waals surface area contributed by atoms with Crippen molar-refractivity contribution in [1.29, 1.82) is 0 Å². The molecule has 2 unspecified atom stereocenters. The lowest BCUT2D eigenvalue weighted by atomic mass is 10.0. The maximum atomic E-state index is 5.67. The fraction of sp³-hybridized carbons (Fsp3) is 0.0769. The van der Waals surface area contributed by atoms with Gasteiger partial charge < -0.3 is 4.90 Å². The molecule has 71 heavy (non-hydrogen) atoms. The van der Waals surface area contributed by atoms with Crippen LogP contribution in [0.5, 0.6) is 0 Å². The maximum Gasteiger partial charge on any atom is 0.179 e. The summed E-state index contributed by atoms with van der Waals surface area (Å²) in [5, 5.41) is 5.93. The molecule has 0 saturated heterocycles. The van der Waals surface area contributed by atoms with Gasteiger partial charge >= 0.3 is 0 Å². The van der Waals surface area contributed by atoms with Gasteiger partial charge in [-0.2, -0.15) is 0 Å². The SMILES string of the molecule is CC1CC=CC=C1[Si]1(c2ccccc2)C2=C(CCC=C2)N(c2cccc(-c3nc(-c4ccccc4)cc(N(c4ccccc4Sc4ccccc4)c4ccccc4-c4ccccc4)n3)c2)c2ccccc21. The van der Waals surface area contributed by atoms with Gasteiger partial charge in [0.2, 0.25) is 0 Å². The Balaban J connectivity index is 1.07. The number of rotatable bonds is 11. The van der Waals surface area contributed by atoms with E-state index in [2.05, 4.69) is 272 Å². The highest BCUT2D eigenvalue weighted by Gasteiger charge is 2.52. The van der Waals surface area contributed by atoms with Gasteiger partial charge in [0, 0.05) is 49.6 Å². The second-order valence-corrected chi connectivity index (χ2v) is 23.3. The van der Waals surface area contributed by atoms with Crippen LogP contribution in [0.25, 0.3) is 33.8 Å². The average molecular weight is 949 g/mol. The van der Waals surface area contributed by atoms with E-state index in [9.17, 15) is 0 Å². The smallest absolute Gasteiger partial charge is 0.179 e. The molecule has 12 rings (SSSR count). The molecule has 0 bridgehead atoms. The van der Waals surface area contributed by atoms with Crippen molar-refractivity contribution in [3.05, 3.63) is 271 Å². The number of allylic oxidation sites excluding steroid dienone is 8. The quantitative estimate of drug-likeness (QED) is 0.121. The molecule has 8 aromatic carbocycles. The van der Waals surface area contributed by atoms with Crippen molar-refractivity contribution in [3.8, 4) is 33.8 Å². The van der Waals surface area contributed by atoms with E-state index in [0.717, 1.165) is 79.9 Å². The third-order valence-corrected chi connectivity index (χ3v) is 20.4. The Hall–Kier alpha value is -8.03. The molecule has 0 radical (unpaired) electrons. The molecule has 2 heterocycles. The van der Waals surface area contributed by atoms with E-state index in [4.69, 9.17) is 9.97 Å². The Bertz CT molecular complexity index is 3520. The van der Waals surface area contributed by atoms with Crippen molar-refractivity contribution >= 4 is 58.8 Å². The summed E-state index contributed by atoms with van der Waals surface area (Å²) in [6.45, 7) is 2.43. The third-order valence-electron chi connectivity index (χ3n) is 14.1. The summed E-state index contributed by atoms with van der Waals surface area (Å²) in [6, 6.07) is 81.0. The number of hydrogen-bond acceptors (Lipinski definition) is 5. The number of benzene rings is 8. The first-order chi connectivity index (χ1) is 35.1. The van der Waals surface area contributed by atoms with Crippen LogP contribution in [0, 0.1) is 5.92 Å². The molecule has 0 N–H and O–H groups in total. The molecule has 6 heteroatoms. The Morgan fingerprint density at radius 3 is 2.04 bits per heavy atom. The Kier molecular flexibility index (Phi) is 12.1. The summed E-state index contributed by atoms with van der Waals surface area (Å²) < 4.78 is 0. The van der Waals surface area contributed by atoms with Gasteiger partial charge in [-0.1, -0.05) is 224 Å². The molecular formula is C65H52N4SSi. The fourth-order valence-electron chi connectivity index (χ4n) is 11.0. The predicted octanol–water partition coefficient (Wildman–Crippen LogP) is 16.0. The number of nitrogens with zero attached hydrogens (tertiary/aromatic N) is 4. The highest BCUT2D eigenvalue weighted by molar-refractivity contribution is 7.99. The van der Waals surface area contributed by atoms with E-state index in [1.165, 1.54) is 27.0 Å². The summed E-state index contributed by atoms with van der Waals surface area (Å²) in [5.74, 6) is 1.85. The van der Waals surface area contributed by atoms with Crippen molar-refractivity contribution in [2.75, 3.05) is 9.80 Å². The van der Waals surface area contributed by atoms with Gasteiger partial charge in [-0.15, -0.1) is 0 Å². The highest BCUT2D eigenvalue weighted by Crippen LogP contribution is 2.49. The van der Waals surface area contributed by atoms with Crippen LogP contribution < -0.4 is 20.2 Å². The largest absolute Gasteiger partial charge is 0.314 e. The van der Waals surface area contributed by atoms with Gasteiger partial charge in [0.05, 0.1) is 17.1 Å². The molecule has 342 valence electrons. The molecule has 1 aromatic heterocycles. The molecule has 0 fully saturated rings. The van der Waals surface area contributed by atoms with Crippen molar-refractivity contribution in [2.24, 2.45) is 5.92 Å². The van der Waals surface area contributed by atoms with E-state index >= 15 is 0 Å². The number of para-hydroxylation sites is 3. The van der Waals surface area contributed by atoms with Gasteiger partial charge in [0.1, 0.15) is 5.82 Å². The van der Waals surface area contributed by atoms with E-state index < -0.39 is 8.07 Å². The molecule has 4 nitrogen and oxygen atoms in total. The first-order valence-corrected chi connectivity index (χ1v) is 27.5. The van der Waals surface area contributed by atoms with Gasteiger partial charge in [-0.25, -0.2) is 9.97 Å². The van der Waals surface area contributed by atoms with Crippen LogP contribution in [-0.4, -0.2) is 18.0 Å². The van der Waals surface area contributed by atoms with Crippen LogP contribution in [0.4, 0.5) is 28.6 Å². The monoisotopic (exact) mass is 948 g/mol. The van der Waals surface area contributed by atoms with E-state index in [1.54, 1.807) is 17.0 Å². The van der Waals surface area contributed by atoms with Gasteiger partial charge in [-0.3, -0.25) is 4.90 Å². The van der Waals surface area contributed by atoms with E-state index in [-0.39, 0.29) is 0 Å². The Morgan fingerprint density at radius 2 is 1.25 bits per heavy atom. The van der Waals surface area contributed by atoms with E-state index in [1.807, 2.05) is 0 Å². The zero-order valence-corrected chi connectivity index (χ0v) is 41.5. The fourth-order valence-corrected chi connectivity index (χ4v) is 17.7. The summed E-state index contributed by atoms with van der Waals surface area (Å²) in [7, 11) is -2.72. The second-order valence-electron chi connectivity index (χ2n) is 18.4. The van der Waals surface area contributed by atoms with E-state index in [0.29, 0.717) is 11.7 Å². The zero-order valence-electron chi connectivity index (χ0n) is 39.6. The highest BCUT2D eigenvalue weighted by atomic mass is 32.2. The molecule has 2 atom stereocenters. The Morgan fingerprint density at radius 1 is 0.592 bits per heavy atom. The van der Waals surface area contributed by atoms with Crippen LogP contribution in [0.2, 0.25) is 0 Å².